The van der Waals surface area contributed by atoms with Crippen molar-refractivity contribution in [3.8, 4) is 0 Å². The van der Waals surface area contributed by atoms with E-state index in [0.717, 1.165) is 12.0 Å². The summed E-state index contributed by atoms with van der Waals surface area (Å²) >= 11 is 3.57. The number of hydrogen-bond donors (Lipinski definition) is 0. The number of carbonyl (C=O) groups is 1. The average molecular weight is 312 g/mol. The number of nitrogens with zero attached hydrogens (tertiary/aromatic N) is 1. The third kappa shape index (κ3) is 2.01. The van der Waals surface area contributed by atoms with Gasteiger partial charge in [-0.25, -0.2) is 4.79 Å². The van der Waals surface area contributed by atoms with Gasteiger partial charge >= 0.3 is 6.09 Å². The van der Waals surface area contributed by atoms with Gasteiger partial charge in [0.15, 0.2) is 0 Å². The predicted molar refractivity (Wildman–Crippen MR) is 69.4 cm³/mol. The smallest absolute Gasteiger partial charge is 0.412 e. The molecule has 0 spiro atoms. The second-order valence-corrected chi connectivity index (χ2v) is 5.65. The molecule has 0 aliphatic carbocycles. The summed E-state index contributed by atoms with van der Waals surface area (Å²) in [5.74, 6) is 0. The van der Waals surface area contributed by atoms with Crippen molar-refractivity contribution in [1.29, 1.82) is 0 Å². The van der Waals surface area contributed by atoms with Gasteiger partial charge in [0.1, 0.15) is 12.8 Å². The highest BCUT2D eigenvalue weighted by Crippen LogP contribution is 2.35. The van der Waals surface area contributed by atoms with Crippen LogP contribution in [-0.2, 0) is 9.47 Å². The highest BCUT2D eigenvalue weighted by Gasteiger charge is 2.44. The summed E-state index contributed by atoms with van der Waals surface area (Å²) in [4.78, 5) is 13.8. The van der Waals surface area contributed by atoms with Gasteiger partial charge in [-0.1, -0.05) is 46.3 Å². The minimum atomic E-state index is -0.291. The normalized spacial score (nSPS) is 31.7. The highest BCUT2D eigenvalue weighted by molar-refractivity contribution is 9.09. The van der Waals surface area contributed by atoms with Crippen LogP contribution < -0.4 is 0 Å². The third-order valence-corrected chi connectivity index (χ3v) is 4.27. The molecule has 2 saturated heterocycles. The molecule has 5 heteroatoms. The molecule has 1 aromatic carbocycles. The highest BCUT2D eigenvalue weighted by atomic mass is 79.9. The number of rotatable bonds is 2. The molecule has 1 amide bonds. The zero-order valence-corrected chi connectivity index (χ0v) is 11.4. The number of carbonyl (C=O) groups excluding carboxylic acids is 1. The lowest BCUT2D eigenvalue weighted by Gasteiger charge is -2.29. The van der Waals surface area contributed by atoms with Gasteiger partial charge in [0.05, 0.1) is 17.5 Å². The van der Waals surface area contributed by atoms with E-state index in [1.807, 2.05) is 30.3 Å². The van der Waals surface area contributed by atoms with E-state index in [0.29, 0.717) is 13.2 Å². The zero-order valence-electron chi connectivity index (χ0n) is 9.79. The first-order chi connectivity index (χ1) is 8.77. The van der Waals surface area contributed by atoms with Crippen molar-refractivity contribution in [3.63, 3.8) is 0 Å². The Hall–Kier alpha value is -1.07. The van der Waals surface area contributed by atoms with E-state index < -0.39 is 0 Å². The Morgan fingerprint density at radius 1 is 1.28 bits per heavy atom. The van der Waals surface area contributed by atoms with Crippen LogP contribution in [0.15, 0.2) is 30.3 Å². The van der Waals surface area contributed by atoms with Crippen molar-refractivity contribution in [1.82, 2.24) is 4.90 Å². The van der Waals surface area contributed by atoms with Crippen LogP contribution in [0.4, 0.5) is 4.79 Å². The van der Waals surface area contributed by atoms with E-state index in [9.17, 15) is 4.79 Å². The zero-order chi connectivity index (χ0) is 12.5. The van der Waals surface area contributed by atoms with Crippen molar-refractivity contribution in [2.75, 3.05) is 13.2 Å². The SMILES string of the molecule is O=C1OC[C@@H](c2ccccc2)N1[C@@H]1OCC[C@H]1Br. The van der Waals surface area contributed by atoms with E-state index in [1.165, 1.54) is 0 Å². The lowest BCUT2D eigenvalue weighted by atomic mass is 10.1. The van der Waals surface area contributed by atoms with Gasteiger partial charge in [-0.3, -0.25) is 4.90 Å². The van der Waals surface area contributed by atoms with Gasteiger partial charge in [-0.2, -0.15) is 0 Å². The molecule has 0 radical (unpaired) electrons. The van der Waals surface area contributed by atoms with Gasteiger partial charge in [0.2, 0.25) is 0 Å². The van der Waals surface area contributed by atoms with Crippen LogP contribution in [0.25, 0.3) is 0 Å². The summed E-state index contributed by atoms with van der Waals surface area (Å²) in [5.41, 5.74) is 1.08. The Balaban J connectivity index is 1.88. The van der Waals surface area contributed by atoms with Crippen LogP contribution in [0.1, 0.15) is 18.0 Å². The molecule has 1 aromatic rings. The second-order valence-electron chi connectivity index (χ2n) is 4.48. The van der Waals surface area contributed by atoms with Crippen LogP contribution in [0, 0.1) is 0 Å². The van der Waals surface area contributed by atoms with Gasteiger partial charge < -0.3 is 9.47 Å². The Bertz CT molecular complexity index is 439. The van der Waals surface area contributed by atoms with Crippen LogP contribution >= 0.6 is 15.9 Å². The summed E-state index contributed by atoms with van der Waals surface area (Å²) in [5, 5.41) is 0. The van der Waals surface area contributed by atoms with Crippen LogP contribution in [0.3, 0.4) is 0 Å². The Morgan fingerprint density at radius 2 is 2.06 bits per heavy atom. The number of cyclic esters (lactones) is 1. The number of benzene rings is 1. The van der Waals surface area contributed by atoms with Crippen LogP contribution in [-0.4, -0.2) is 35.3 Å². The predicted octanol–water partition coefficient (Wildman–Crippen LogP) is 2.69. The molecular weight excluding hydrogens is 298 g/mol. The molecule has 3 rings (SSSR count). The van der Waals surface area contributed by atoms with Crippen LogP contribution in [0.2, 0.25) is 0 Å². The quantitative estimate of drug-likeness (QED) is 0.788. The number of hydrogen-bond acceptors (Lipinski definition) is 3. The fourth-order valence-electron chi connectivity index (χ4n) is 2.45. The van der Waals surface area contributed by atoms with Crippen molar-refractivity contribution in [3.05, 3.63) is 35.9 Å². The standard InChI is InChI=1S/C13H14BrNO3/c14-10-6-7-17-12(10)15-11(8-18-13(15)16)9-4-2-1-3-5-9/h1-5,10-12H,6-8H2/t10-,11+,12-/m1/s1. The molecule has 3 atom stereocenters. The average Bonchev–Trinajstić information content (AvgIpc) is 2.96. The minimum absolute atomic E-state index is 0.0538. The fourth-order valence-corrected chi connectivity index (χ4v) is 3.04. The Labute approximate surface area is 114 Å². The van der Waals surface area contributed by atoms with Gasteiger partial charge in [-0.05, 0) is 12.0 Å². The summed E-state index contributed by atoms with van der Waals surface area (Å²) in [6.45, 7) is 1.06. The Morgan fingerprint density at radius 3 is 2.72 bits per heavy atom. The summed E-state index contributed by atoms with van der Waals surface area (Å²) in [6.07, 6.45) is 0.390. The maximum absolute atomic E-state index is 11.9. The summed E-state index contributed by atoms with van der Waals surface area (Å²) in [6, 6.07) is 9.87. The van der Waals surface area contributed by atoms with Crippen molar-refractivity contribution in [2.45, 2.75) is 23.5 Å². The molecule has 2 heterocycles. The fraction of sp³-hybridized carbons (Fsp3) is 0.462. The summed E-state index contributed by atoms with van der Waals surface area (Å²) < 4.78 is 10.8. The van der Waals surface area contributed by atoms with E-state index >= 15 is 0 Å². The number of ether oxygens (including phenoxy) is 2. The number of amides is 1. The molecule has 2 fully saturated rings. The summed E-state index contributed by atoms with van der Waals surface area (Å²) in [7, 11) is 0. The first-order valence-electron chi connectivity index (χ1n) is 6.03. The molecule has 0 bridgehead atoms. The maximum atomic E-state index is 11.9. The van der Waals surface area contributed by atoms with Gasteiger partial charge in [-0.15, -0.1) is 0 Å². The molecule has 18 heavy (non-hydrogen) atoms. The van der Waals surface area contributed by atoms with Gasteiger partial charge in [0.25, 0.3) is 0 Å². The molecule has 0 aromatic heterocycles. The number of alkyl halides is 1. The molecule has 2 aliphatic rings. The first kappa shape index (κ1) is 12.0. The van der Waals surface area contributed by atoms with Gasteiger partial charge in [0, 0.05) is 0 Å². The second kappa shape index (κ2) is 4.90. The van der Waals surface area contributed by atoms with Crippen molar-refractivity contribution < 1.29 is 14.3 Å². The van der Waals surface area contributed by atoms with E-state index in [2.05, 4.69) is 15.9 Å². The first-order valence-corrected chi connectivity index (χ1v) is 6.94. The monoisotopic (exact) mass is 311 g/mol. The van der Waals surface area contributed by atoms with E-state index in [-0.39, 0.29) is 23.2 Å². The minimum Gasteiger partial charge on any atom is -0.447 e. The molecular formula is C13H14BrNO3. The lowest BCUT2D eigenvalue weighted by molar-refractivity contribution is -0.00260. The van der Waals surface area contributed by atoms with Crippen LogP contribution in [0.5, 0.6) is 0 Å². The molecule has 2 aliphatic heterocycles. The third-order valence-electron chi connectivity index (χ3n) is 3.36. The van der Waals surface area contributed by atoms with E-state index in [1.54, 1.807) is 4.90 Å². The molecule has 4 nitrogen and oxygen atoms in total. The lowest BCUT2D eigenvalue weighted by Crippen LogP contribution is -2.41. The largest absolute Gasteiger partial charge is 0.447 e. The molecule has 0 unspecified atom stereocenters. The Kier molecular flexibility index (Phi) is 3.26. The molecule has 96 valence electrons. The van der Waals surface area contributed by atoms with Crippen molar-refractivity contribution in [2.24, 2.45) is 0 Å². The number of halogens is 1. The molecule has 0 N–H and O–H groups in total. The van der Waals surface area contributed by atoms with Crippen molar-refractivity contribution >= 4 is 22.0 Å². The molecule has 0 saturated carbocycles. The topological polar surface area (TPSA) is 38.8 Å². The maximum Gasteiger partial charge on any atom is 0.412 e. The van der Waals surface area contributed by atoms with E-state index in [4.69, 9.17) is 9.47 Å².